The van der Waals surface area contributed by atoms with Crippen molar-refractivity contribution in [3.63, 3.8) is 0 Å². The minimum Gasteiger partial charge on any atom is -0.507 e. The van der Waals surface area contributed by atoms with Gasteiger partial charge in [-0.25, -0.2) is 13.4 Å². The summed E-state index contributed by atoms with van der Waals surface area (Å²) in [5, 5.41) is 13.2. The van der Waals surface area contributed by atoms with Crippen molar-refractivity contribution in [1.29, 1.82) is 0 Å². The van der Waals surface area contributed by atoms with E-state index in [1.807, 2.05) is 0 Å². The smallest absolute Gasteiger partial charge is 0.265 e. The lowest BCUT2D eigenvalue weighted by molar-refractivity contribution is 0.333. The molecule has 1 aromatic heterocycles. The van der Waals surface area contributed by atoms with Crippen molar-refractivity contribution in [2.24, 2.45) is 0 Å². The number of aromatic hydroxyl groups is 1. The van der Waals surface area contributed by atoms with E-state index in [0.717, 1.165) is 5.56 Å². The molecule has 2 aromatic carbocycles. The minimum atomic E-state index is -3.98. The van der Waals surface area contributed by atoms with Crippen LogP contribution in [-0.4, -0.2) is 31.7 Å². The number of para-hydroxylation sites is 1. The number of nitrogens with one attached hydrogen (secondary N) is 2. The van der Waals surface area contributed by atoms with Crippen molar-refractivity contribution < 1.29 is 18.3 Å². The van der Waals surface area contributed by atoms with Crippen molar-refractivity contribution in [3.05, 3.63) is 68.4 Å². The molecule has 0 saturated carbocycles. The number of aryl methyl sites for hydroxylation is 1. The van der Waals surface area contributed by atoms with E-state index in [4.69, 9.17) is 51.1 Å². The SMILES string of the molecule is Cc1cc(NS(=O)(=O)c2ccccc2O)cc(OCCNc2c(Cl)c(Cl)nc(Cl)c2Cl)c1. The number of benzene rings is 2. The molecule has 0 saturated heterocycles. The number of rotatable bonds is 8. The molecule has 0 atom stereocenters. The van der Waals surface area contributed by atoms with Gasteiger partial charge in [-0.1, -0.05) is 58.5 Å². The maximum atomic E-state index is 12.6. The molecule has 0 amide bonds. The number of hydrogen-bond acceptors (Lipinski definition) is 6. The van der Waals surface area contributed by atoms with Crippen LogP contribution in [0.4, 0.5) is 11.4 Å². The normalized spacial score (nSPS) is 11.3. The number of nitrogens with zero attached hydrogens (tertiary/aromatic N) is 1. The van der Waals surface area contributed by atoms with E-state index in [1.54, 1.807) is 19.1 Å². The molecule has 0 aliphatic rings. The Morgan fingerprint density at radius 3 is 2.34 bits per heavy atom. The Kier molecular flexibility index (Phi) is 7.84. The van der Waals surface area contributed by atoms with Crippen LogP contribution < -0.4 is 14.8 Å². The van der Waals surface area contributed by atoms with Crippen LogP contribution in [0.3, 0.4) is 0 Å². The molecule has 0 bridgehead atoms. The molecular weight excluding hydrogens is 520 g/mol. The lowest BCUT2D eigenvalue weighted by Gasteiger charge is -2.14. The summed E-state index contributed by atoms with van der Waals surface area (Å²) in [6, 6.07) is 10.6. The number of ether oxygens (including phenoxy) is 1. The summed E-state index contributed by atoms with van der Waals surface area (Å²) in [5.74, 6) is 0.0913. The van der Waals surface area contributed by atoms with E-state index >= 15 is 0 Å². The molecular formula is C20H17Cl4N3O4S. The van der Waals surface area contributed by atoms with Crippen LogP contribution in [0.1, 0.15) is 5.56 Å². The zero-order valence-electron chi connectivity index (χ0n) is 16.5. The number of halogens is 4. The molecule has 0 aliphatic carbocycles. The van der Waals surface area contributed by atoms with Gasteiger partial charge in [0.2, 0.25) is 0 Å². The summed E-state index contributed by atoms with van der Waals surface area (Å²) < 4.78 is 33.4. The Labute approximate surface area is 205 Å². The molecule has 0 fully saturated rings. The Morgan fingerprint density at radius 1 is 1.03 bits per heavy atom. The number of hydrogen-bond donors (Lipinski definition) is 3. The summed E-state index contributed by atoms with van der Waals surface area (Å²) in [6.07, 6.45) is 0. The summed E-state index contributed by atoms with van der Waals surface area (Å²) in [4.78, 5) is 3.58. The largest absolute Gasteiger partial charge is 0.507 e. The number of pyridine rings is 1. The maximum absolute atomic E-state index is 12.6. The van der Waals surface area contributed by atoms with Crippen LogP contribution >= 0.6 is 46.4 Å². The second-order valence-electron chi connectivity index (χ2n) is 6.58. The number of phenolic OH excluding ortho intramolecular Hbond substituents is 1. The van der Waals surface area contributed by atoms with Gasteiger partial charge < -0.3 is 15.2 Å². The molecule has 1 heterocycles. The maximum Gasteiger partial charge on any atom is 0.265 e. The molecule has 0 unspecified atom stereocenters. The molecule has 3 rings (SSSR count). The zero-order chi connectivity index (χ0) is 23.5. The van der Waals surface area contributed by atoms with Gasteiger partial charge in [0, 0.05) is 12.6 Å². The fourth-order valence-electron chi connectivity index (χ4n) is 2.77. The Bertz CT molecular complexity index is 1230. The van der Waals surface area contributed by atoms with Crippen LogP contribution in [0, 0.1) is 6.92 Å². The Hall–Kier alpha value is -2.10. The highest BCUT2D eigenvalue weighted by atomic mass is 35.5. The third kappa shape index (κ3) is 5.82. The fourth-order valence-corrected chi connectivity index (χ4v) is 4.77. The van der Waals surface area contributed by atoms with Gasteiger partial charge in [-0.2, -0.15) is 0 Å². The summed E-state index contributed by atoms with van der Waals surface area (Å²) in [5.41, 5.74) is 1.39. The van der Waals surface area contributed by atoms with Gasteiger partial charge in [-0.05, 0) is 36.8 Å². The van der Waals surface area contributed by atoms with Crippen molar-refractivity contribution >= 4 is 67.8 Å². The fraction of sp³-hybridized carbons (Fsp3) is 0.150. The van der Waals surface area contributed by atoms with Gasteiger partial charge >= 0.3 is 0 Å². The minimum absolute atomic E-state index is 0.0181. The first-order valence-corrected chi connectivity index (χ1v) is 12.1. The lowest BCUT2D eigenvalue weighted by atomic mass is 10.2. The van der Waals surface area contributed by atoms with Crippen LogP contribution in [0.15, 0.2) is 47.4 Å². The first-order valence-electron chi connectivity index (χ1n) is 9.07. The molecule has 3 aromatic rings. The van der Waals surface area contributed by atoms with Gasteiger partial charge in [-0.15, -0.1) is 0 Å². The average molecular weight is 537 g/mol. The van der Waals surface area contributed by atoms with Gasteiger partial charge in [-0.3, -0.25) is 4.72 Å². The van der Waals surface area contributed by atoms with Gasteiger partial charge in [0.15, 0.2) is 10.3 Å². The summed E-state index contributed by atoms with van der Waals surface area (Å²) >= 11 is 24.0. The van der Waals surface area contributed by atoms with Gasteiger partial charge in [0.25, 0.3) is 10.0 Å². The standard InChI is InChI=1S/C20H17Cl4N3O4S/c1-11-8-12(27-32(29,30)15-5-3-2-4-14(15)28)10-13(9-11)31-7-6-25-18-16(21)19(23)26-20(24)17(18)22/h2-5,8-10,27-28H,6-7H2,1H3,(H,25,26). The van der Waals surface area contributed by atoms with E-state index in [-0.39, 0.29) is 43.3 Å². The zero-order valence-corrected chi connectivity index (χ0v) is 20.3. The van der Waals surface area contributed by atoms with Crippen molar-refractivity contribution in [2.45, 2.75) is 11.8 Å². The first-order chi connectivity index (χ1) is 15.1. The quantitative estimate of drug-likeness (QED) is 0.241. The molecule has 0 spiro atoms. The van der Waals surface area contributed by atoms with Crippen LogP contribution in [-0.2, 0) is 10.0 Å². The summed E-state index contributed by atoms with van der Waals surface area (Å²) in [7, 11) is -3.98. The second kappa shape index (κ2) is 10.2. The van der Waals surface area contributed by atoms with E-state index in [0.29, 0.717) is 18.0 Å². The number of sulfonamides is 1. The highest BCUT2D eigenvalue weighted by molar-refractivity contribution is 7.92. The van der Waals surface area contributed by atoms with Gasteiger partial charge in [0.05, 0.1) is 11.4 Å². The van der Waals surface area contributed by atoms with E-state index in [2.05, 4.69) is 15.0 Å². The predicted molar refractivity (Wildman–Crippen MR) is 128 cm³/mol. The second-order valence-corrected chi connectivity index (χ2v) is 9.70. The third-order valence-corrected chi connectivity index (χ3v) is 7.03. The Balaban J connectivity index is 1.68. The molecule has 0 radical (unpaired) electrons. The van der Waals surface area contributed by atoms with E-state index < -0.39 is 10.0 Å². The number of anilines is 2. The monoisotopic (exact) mass is 535 g/mol. The van der Waals surface area contributed by atoms with Crippen molar-refractivity contribution in [1.82, 2.24) is 4.98 Å². The molecule has 32 heavy (non-hydrogen) atoms. The van der Waals surface area contributed by atoms with Crippen molar-refractivity contribution in [2.75, 3.05) is 23.2 Å². The van der Waals surface area contributed by atoms with E-state index in [9.17, 15) is 13.5 Å². The highest BCUT2D eigenvalue weighted by Crippen LogP contribution is 2.38. The molecule has 7 nitrogen and oxygen atoms in total. The molecule has 3 N–H and O–H groups in total. The topological polar surface area (TPSA) is 101 Å². The van der Waals surface area contributed by atoms with Crippen molar-refractivity contribution in [3.8, 4) is 11.5 Å². The third-order valence-electron chi connectivity index (χ3n) is 4.13. The molecule has 12 heteroatoms. The van der Waals surface area contributed by atoms with Gasteiger partial charge in [0.1, 0.15) is 33.0 Å². The molecule has 0 aliphatic heterocycles. The summed E-state index contributed by atoms with van der Waals surface area (Å²) in [6.45, 7) is 2.28. The number of aromatic nitrogens is 1. The highest BCUT2D eigenvalue weighted by Gasteiger charge is 2.19. The van der Waals surface area contributed by atoms with Crippen LogP contribution in [0.2, 0.25) is 20.4 Å². The lowest BCUT2D eigenvalue weighted by Crippen LogP contribution is -2.14. The van der Waals surface area contributed by atoms with Crippen LogP contribution in [0.25, 0.3) is 0 Å². The average Bonchev–Trinajstić information content (AvgIpc) is 2.71. The van der Waals surface area contributed by atoms with E-state index in [1.165, 1.54) is 30.3 Å². The predicted octanol–water partition coefficient (Wildman–Crippen LogP) is 6.00. The molecule has 170 valence electrons. The van der Waals surface area contributed by atoms with Crippen LogP contribution in [0.5, 0.6) is 11.5 Å². The first kappa shape index (κ1) is 24.5. The number of phenols is 1. The Morgan fingerprint density at radius 2 is 1.69 bits per heavy atom.